The van der Waals surface area contributed by atoms with Crippen LogP contribution in [-0.4, -0.2) is 87.3 Å². The Morgan fingerprint density at radius 1 is 1.41 bits per heavy atom. The molecule has 0 bridgehead atoms. The van der Waals surface area contributed by atoms with E-state index in [-0.39, 0.29) is 35.5 Å². The quantitative estimate of drug-likeness (QED) is 0.0990. The van der Waals surface area contributed by atoms with Crippen molar-refractivity contribution in [3.8, 4) is 0 Å². The smallest absolute Gasteiger partial charge is 0.352 e. The maximum atomic E-state index is 13.1. The molecule has 2 amide bonds. The molecule has 0 aromatic carbocycles. The molecule has 2 aliphatic heterocycles. The highest BCUT2D eigenvalue weighted by atomic mass is 32.2. The number of tetrazole rings is 1. The summed E-state index contributed by atoms with van der Waals surface area (Å²) in [4.78, 5) is 49.3. The summed E-state index contributed by atoms with van der Waals surface area (Å²) in [6.45, 7) is 2.14. The van der Waals surface area contributed by atoms with Crippen LogP contribution in [0.25, 0.3) is 0 Å². The van der Waals surface area contributed by atoms with E-state index in [1.165, 1.54) is 28.4 Å². The zero-order chi connectivity index (χ0) is 27.5. The summed E-state index contributed by atoms with van der Waals surface area (Å²) in [5.74, 6) is -2.19. The van der Waals surface area contributed by atoms with Gasteiger partial charge in [-0.2, -0.15) is 14.6 Å². The van der Waals surface area contributed by atoms with Crippen LogP contribution in [0.15, 0.2) is 51.0 Å². The van der Waals surface area contributed by atoms with Crippen molar-refractivity contribution in [2.24, 2.45) is 5.16 Å². The predicted octanol–water partition coefficient (Wildman–Crippen LogP) is -0.748. The fraction of sp³-hybridized carbons (Fsp3) is 0.300. The number of hydrogen-bond acceptors (Lipinski definition) is 14. The van der Waals surface area contributed by atoms with Gasteiger partial charge >= 0.3 is 5.97 Å². The van der Waals surface area contributed by atoms with Crippen LogP contribution in [0.5, 0.6) is 0 Å². The molecule has 0 spiro atoms. The van der Waals surface area contributed by atoms with Crippen LogP contribution in [0.2, 0.25) is 0 Å². The Morgan fingerprint density at radius 2 is 2.21 bits per heavy atom. The number of thioether (sulfide) groups is 1. The third-order valence-corrected chi connectivity index (χ3v) is 8.20. The number of nitrogens with one attached hydrogen (secondary N) is 2. The Labute approximate surface area is 232 Å². The molecule has 2 aliphatic rings. The molecule has 3 aromatic rings. The molecule has 39 heavy (non-hydrogen) atoms. The van der Waals surface area contributed by atoms with E-state index in [0.717, 1.165) is 16.4 Å². The van der Waals surface area contributed by atoms with Gasteiger partial charge in [-0.05, 0) is 23.9 Å². The molecular formula is C20H20N11O5S3+. The molecule has 1 saturated heterocycles. The lowest BCUT2D eigenvalue weighted by molar-refractivity contribution is -0.689. The number of carbonyl (C=O) groups is 3. The highest BCUT2D eigenvalue weighted by Crippen LogP contribution is 2.40. The molecule has 1 fully saturated rings. The third-order valence-electron chi connectivity index (χ3n) is 5.46. The minimum atomic E-state index is -1.22. The lowest BCUT2D eigenvalue weighted by Crippen LogP contribution is -2.71. The maximum absolute atomic E-state index is 13.1. The van der Waals surface area contributed by atoms with E-state index in [1.807, 2.05) is 16.7 Å². The third kappa shape index (κ3) is 5.54. The molecule has 5 rings (SSSR count). The first kappa shape index (κ1) is 26.5. The van der Waals surface area contributed by atoms with Crippen LogP contribution >= 0.6 is 35.1 Å². The molecule has 1 unspecified atom stereocenters. The van der Waals surface area contributed by atoms with Gasteiger partial charge in [0.25, 0.3) is 11.8 Å². The number of nitrogens with two attached hydrogens (primary N) is 1. The number of carbonyl (C=O) groups excluding carboxylic acids is 2. The number of β-lactam (4-membered cyclic amide) rings is 1. The van der Waals surface area contributed by atoms with Crippen LogP contribution in [0.3, 0.4) is 0 Å². The number of H-pyrrole nitrogens is 1. The standard InChI is InChI=1S/C20H19N11O5S3/c1-2-36-26-11(14-23-19(21)39-27-14)15(32)22-12-16(33)31-13(18(34)35)9(8-37-17(12)31)7-30-5-3-10(4-6-30)38-20-24-28-29-25-20/h3-6,12,17H,2,7-8H2,1H3,(H4-,21,22,23,24,25,27,28,29,32,34,35)/p+1/t12?,17-/m0/s1. The highest BCUT2D eigenvalue weighted by Gasteiger charge is 2.54. The molecule has 0 saturated carbocycles. The topological polar surface area (TPSA) is 218 Å². The van der Waals surface area contributed by atoms with Gasteiger partial charge in [-0.15, -0.1) is 22.0 Å². The van der Waals surface area contributed by atoms with Crippen molar-refractivity contribution in [1.29, 1.82) is 0 Å². The molecule has 5 N–H and O–H groups in total. The van der Waals surface area contributed by atoms with E-state index in [1.54, 1.807) is 19.3 Å². The lowest BCUT2D eigenvalue weighted by atomic mass is 10.0. The SMILES string of the molecule is CCON=C(C(=O)NC1C(=O)N2C(C(=O)O)=C(C[n+]3ccc(Sc4nn[nH]n4)cc3)CS[C@@H]12)c1nsc(N)n1. The minimum Gasteiger partial charge on any atom is -0.477 e. The number of nitrogen functional groups attached to an aromatic ring is 1. The fourth-order valence-corrected chi connectivity index (χ4v) is 6.20. The largest absolute Gasteiger partial charge is 0.477 e. The summed E-state index contributed by atoms with van der Waals surface area (Å²) in [6.07, 6.45) is 3.59. The highest BCUT2D eigenvalue weighted by molar-refractivity contribution is 8.00. The molecule has 0 aliphatic carbocycles. The molecule has 2 atom stereocenters. The van der Waals surface area contributed by atoms with E-state index < -0.39 is 29.2 Å². The van der Waals surface area contributed by atoms with Gasteiger partial charge < -0.3 is 21.0 Å². The van der Waals surface area contributed by atoms with Crippen molar-refractivity contribution in [3.63, 3.8) is 0 Å². The summed E-state index contributed by atoms with van der Waals surface area (Å²) >= 11 is 3.56. The van der Waals surface area contributed by atoms with Gasteiger partial charge in [0.2, 0.25) is 16.7 Å². The summed E-state index contributed by atoms with van der Waals surface area (Å²) in [7, 11) is 0. The van der Waals surface area contributed by atoms with Gasteiger partial charge in [-0.3, -0.25) is 14.5 Å². The molecule has 0 radical (unpaired) electrons. The number of fused-ring (bicyclic) bond motifs is 1. The number of aromatic nitrogens is 7. The molecule has 16 nitrogen and oxygen atoms in total. The molecule has 19 heteroatoms. The van der Waals surface area contributed by atoms with Crippen LogP contribution < -0.4 is 15.6 Å². The van der Waals surface area contributed by atoms with E-state index >= 15 is 0 Å². The Hall–Kier alpha value is -4.10. The van der Waals surface area contributed by atoms with E-state index in [0.29, 0.717) is 16.5 Å². The second-order valence-corrected chi connectivity index (χ2v) is 10.9. The number of hydrogen-bond donors (Lipinski definition) is 4. The Kier molecular flexibility index (Phi) is 7.70. The molecule has 3 aromatic heterocycles. The van der Waals surface area contributed by atoms with Crippen molar-refractivity contribution in [2.45, 2.75) is 34.9 Å². The molecule has 5 heterocycles. The summed E-state index contributed by atoms with van der Waals surface area (Å²) < 4.78 is 5.80. The number of rotatable bonds is 10. The van der Waals surface area contributed by atoms with Crippen LogP contribution in [0.4, 0.5) is 5.13 Å². The molecular weight excluding hydrogens is 570 g/mol. The number of pyridine rings is 1. The number of aromatic amines is 1. The Bertz CT molecular complexity index is 1460. The fourth-order valence-electron chi connectivity index (χ4n) is 3.80. The van der Waals surface area contributed by atoms with Crippen molar-refractivity contribution < 1.29 is 28.9 Å². The van der Waals surface area contributed by atoms with Crippen molar-refractivity contribution in [2.75, 3.05) is 18.1 Å². The number of carboxylic acid groups (broad SMARTS) is 1. The van der Waals surface area contributed by atoms with Crippen molar-refractivity contribution in [3.05, 3.63) is 41.6 Å². The summed E-state index contributed by atoms with van der Waals surface area (Å²) in [5.41, 5.74) is 5.86. The minimum absolute atomic E-state index is 0.0319. The van der Waals surface area contributed by atoms with Crippen molar-refractivity contribution >= 4 is 63.7 Å². The predicted molar refractivity (Wildman–Crippen MR) is 137 cm³/mol. The molecule has 202 valence electrons. The number of anilines is 1. The van der Waals surface area contributed by atoms with Crippen molar-refractivity contribution in [1.82, 2.24) is 40.2 Å². The van der Waals surface area contributed by atoms with Gasteiger partial charge in [0.05, 0.1) is 0 Å². The van der Waals surface area contributed by atoms with Crippen LogP contribution in [-0.2, 0) is 25.8 Å². The Morgan fingerprint density at radius 3 is 2.85 bits per heavy atom. The first-order chi connectivity index (χ1) is 18.9. The number of amides is 2. The van der Waals surface area contributed by atoms with Gasteiger partial charge in [-0.1, -0.05) is 5.16 Å². The maximum Gasteiger partial charge on any atom is 0.352 e. The second-order valence-electron chi connectivity index (χ2n) is 7.93. The average Bonchev–Trinajstić information content (AvgIpc) is 3.60. The van der Waals surface area contributed by atoms with Gasteiger partial charge in [0.15, 0.2) is 24.1 Å². The number of oxime groups is 1. The first-order valence-corrected chi connectivity index (χ1v) is 13.9. The van der Waals surface area contributed by atoms with E-state index in [9.17, 15) is 19.5 Å². The Balaban J connectivity index is 1.29. The zero-order valence-electron chi connectivity index (χ0n) is 20.0. The normalized spacial score (nSPS) is 18.9. The van der Waals surface area contributed by atoms with Gasteiger partial charge in [0.1, 0.15) is 23.7 Å². The zero-order valence-corrected chi connectivity index (χ0v) is 22.5. The van der Waals surface area contributed by atoms with E-state index in [2.05, 4.69) is 40.5 Å². The average molecular weight is 591 g/mol. The number of nitrogens with zero attached hydrogens (tertiary/aromatic N) is 8. The van der Waals surface area contributed by atoms with Gasteiger partial charge in [0, 0.05) is 39.9 Å². The van der Waals surface area contributed by atoms with E-state index in [4.69, 9.17) is 10.6 Å². The monoisotopic (exact) mass is 590 g/mol. The van der Waals surface area contributed by atoms with Crippen LogP contribution in [0, 0.1) is 0 Å². The second kappa shape index (κ2) is 11.3. The summed E-state index contributed by atoms with van der Waals surface area (Å²) in [6, 6.07) is 2.72. The number of aliphatic carboxylic acids is 1. The van der Waals surface area contributed by atoms with Crippen LogP contribution in [0.1, 0.15) is 12.7 Å². The lowest BCUT2D eigenvalue weighted by Gasteiger charge is -2.49. The summed E-state index contributed by atoms with van der Waals surface area (Å²) in [5, 5.41) is 30.1. The van der Waals surface area contributed by atoms with Gasteiger partial charge in [-0.25, -0.2) is 9.36 Å². The first-order valence-electron chi connectivity index (χ1n) is 11.3. The number of carboxylic acids is 1.